The number of hydrogen-bond acceptors (Lipinski definition) is 4. The molecule has 0 amide bonds. The lowest BCUT2D eigenvalue weighted by Gasteiger charge is -2.04. The monoisotopic (exact) mass is 141 g/mol. The van der Waals surface area contributed by atoms with E-state index in [1.165, 1.54) is 0 Å². The second-order valence-electron chi connectivity index (χ2n) is 2.34. The molecule has 0 spiro atoms. The van der Waals surface area contributed by atoms with Crippen molar-refractivity contribution in [3.05, 3.63) is 5.82 Å². The van der Waals surface area contributed by atoms with Gasteiger partial charge in [0.1, 0.15) is 0 Å². The zero-order valence-corrected chi connectivity index (χ0v) is 6.15. The molecular weight excluding hydrogens is 130 g/mol. The Kier molecular flexibility index (Phi) is 1.96. The molecule has 2 N–H and O–H groups in total. The maximum absolute atomic E-state index is 5.37. The first kappa shape index (κ1) is 7.14. The van der Waals surface area contributed by atoms with Crippen LogP contribution in [0, 0.1) is 0 Å². The lowest BCUT2D eigenvalue weighted by molar-refractivity contribution is 0.494. The molecule has 0 radical (unpaired) electrons. The third kappa shape index (κ3) is 1.13. The quantitative estimate of drug-likeness (QED) is 0.614. The summed E-state index contributed by atoms with van der Waals surface area (Å²) in [5, 5.41) is 11.0. The van der Waals surface area contributed by atoms with E-state index in [2.05, 4.69) is 15.5 Å². The minimum Gasteiger partial charge on any atom is -0.324 e. The third-order valence-electron chi connectivity index (χ3n) is 1.23. The average molecular weight is 141 g/mol. The molecule has 0 bridgehead atoms. The average Bonchev–Trinajstić information content (AvgIpc) is 2.33. The first-order valence-electron chi connectivity index (χ1n) is 3.22. The normalized spacial score (nSPS) is 10.8. The van der Waals surface area contributed by atoms with E-state index in [1.807, 2.05) is 13.8 Å². The van der Waals surface area contributed by atoms with Crippen molar-refractivity contribution in [3.8, 4) is 0 Å². The van der Waals surface area contributed by atoms with Gasteiger partial charge < -0.3 is 5.73 Å². The Hall–Kier alpha value is -0.970. The van der Waals surface area contributed by atoms with Crippen molar-refractivity contribution in [1.82, 2.24) is 20.2 Å². The molecule has 10 heavy (non-hydrogen) atoms. The van der Waals surface area contributed by atoms with Crippen LogP contribution in [0.5, 0.6) is 0 Å². The minimum atomic E-state index is 0.286. The van der Waals surface area contributed by atoms with Crippen LogP contribution in [-0.2, 0) is 6.54 Å². The van der Waals surface area contributed by atoms with E-state index in [9.17, 15) is 0 Å². The van der Waals surface area contributed by atoms with Crippen LogP contribution in [0.25, 0.3) is 0 Å². The summed E-state index contributed by atoms with van der Waals surface area (Å²) in [6.07, 6.45) is 0. The van der Waals surface area contributed by atoms with E-state index in [0.717, 1.165) is 5.82 Å². The van der Waals surface area contributed by atoms with Crippen molar-refractivity contribution in [1.29, 1.82) is 0 Å². The Morgan fingerprint density at radius 3 is 2.70 bits per heavy atom. The summed E-state index contributed by atoms with van der Waals surface area (Å²) in [6, 6.07) is 0.286. The topological polar surface area (TPSA) is 69.6 Å². The first-order chi connectivity index (χ1) is 4.75. The van der Waals surface area contributed by atoms with Gasteiger partial charge >= 0.3 is 0 Å². The summed E-state index contributed by atoms with van der Waals surface area (Å²) in [5.74, 6) is 0.731. The van der Waals surface area contributed by atoms with Crippen LogP contribution in [0.3, 0.4) is 0 Å². The molecular formula is C5H11N5. The largest absolute Gasteiger partial charge is 0.324 e. The zero-order chi connectivity index (χ0) is 7.56. The molecule has 5 heteroatoms. The molecule has 1 aromatic rings. The molecule has 0 aliphatic carbocycles. The maximum Gasteiger partial charge on any atom is 0.165 e. The number of nitrogens with two attached hydrogens (primary N) is 1. The second-order valence-corrected chi connectivity index (χ2v) is 2.34. The lowest BCUT2D eigenvalue weighted by Crippen LogP contribution is -2.11. The number of hydrogen-bond donors (Lipinski definition) is 1. The van der Waals surface area contributed by atoms with Gasteiger partial charge in [-0.25, -0.2) is 4.68 Å². The van der Waals surface area contributed by atoms with E-state index in [4.69, 9.17) is 5.73 Å². The van der Waals surface area contributed by atoms with Crippen LogP contribution in [0.2, 0.25) is 0 Å². The Balaban J connectivity index is 2.90. The summed E-state index contributed by atoms with van der Waals surface area (Å²) < 4.78 is 1.71. The Morgan fingerprint density at radius 1 is 1.60 bits per heavy atom. The SMILES string of the molecule is CC(C)n1nnnc1CN. The summed E-state index contributed by atoms with van der Waals surface area (Å²) in [6.45, 7) is 4.41. The van der Waals surface area contributed by atoms with Crippen LogP contribution in [-0.4, -0.2) is 20.2 Å². The van der Waals surface area contributed by atoms with Gasteiger partial charge in [-0.15, -0.1) is 5.10 Å². The highest BCUT2D eigenvalue weighted by Crippen LogP contribution is 2.01. The first-order valence-corrected chi connectivity index (χ1v) is 3.22. The third-order valence-corrected chi connectivity index (χ3v) is 1.23. The standard InChI is InChI=1S/C5H11N5/c1-4(2)10-5(3-6)7-8-9-10/h4H,3,6H2,1-2H3. The smallest absolute Gasteiger partial charge is 0.165 e. The number of tetrazole rings is 1. The van der Waals surface area contributed by atoms with Crippen LogP contribution in [0.15, 0.2) is 0 Å². The van der Waals surface area contributed by atoms with Crippen LogP contribution < -0.4 is 5.73 Å². The molecule has 0 atom stereocenters. The fourth-order valence-electron chi connectivity index (χ4n) is 0.748. The van der Waals surface area contributed by atoms with Crippen LogP contribution in [0.1, 0.15) is 25.7 Å². The summed E-state index contributed by atoms with van der Waals surface area (Å²) in [5.41, 5.74) is 5.37. The molecule has 0 saturated carbocycles. The Labute approximate surface area is 59.2 Å². The molecule has 0 aliphatic rings. The summed E-state index contributed by atoms with van der Waals surface area (Å²) in [4.78, 5) is 0. The summed E-state index contributed by atoms with van der Waals surface area (Å²) >= 11 is 0. The molecule has 1 heterocycles. The van der Waals surface area contributed by atoms with Gasteiger partial charge in [-0.3, -0.25) is 0 Å². The van der Waals surface area contributed by atoms with Crippen molar-refractivity contribution in [2.24, 2.45) is 5.73 Å². The predicted octanol–water partition coefficient (Wildman–Crippen LogP) is -0.287. The lowest BCUT2D eigenvalue weighted by atomic mass is 10.4. The molecule has 1 rings (SSSR count). The van der Waals surface area contributed by atoms with Crippen LogP contribution in [0.4, 0.5) is 0 Å². The highest BCUT2D eigenvalue weighted by atomic mass is 15.5. The fraction of sp³-hybridized carbons (Fsp3) is 0.800. The molecule has 1 aromatic heterocycles. The highest BCUT2D eigenvalue weighted by Gasteiger charge is 2.05. The molecule has 0 fully saturated rings. The Bertz CT molecular complexity index is 204. The number of aromatic nitrogens is 4. The molecule has 56 valence electrons. The molecule has 0 aromatic carbocycles. The van der Waals surface area contributed by atoms with Crippen molar-refractivity contribution in [2.45, 2.75) is 26.4 Å². The van der Waals surface area contributed by atoms with Crippen molar-refractivity contribution < 1.29 is 0 Å². The van der Waals surface area contributed by atoms with Gasteiger partial charge in [-0.1, -0.05) is 0 Å². The van der Waals surface area contributed by atoms with Gasteiger partial charge in [0.15, 0.2) is 5.82 Å². The zero-order valence-electron chi connectivity index (χ0n) is 6.15. The number of rotatable bonds is 2. The molecule has 5 nitrogen and oxygen atoms in total. The van der Waals surface area contributed by atoms with E-state index >= 15 is 0 Å². The minimum absolute atomic E-state index is 0.286. The van der Waals surface area contributed by atoms with Gasteiger partial charge in [-0.2, -0.15) is 0 Å². The van der Waals surface area contributed by atoms with Gasteiger partial charge in [0.25, 0.3) is 0 Å². The van der Waals surface area contributed by atoms with E-state index in [-0.39, 0.29) is 6.04 Å². The maximum atomic E-state index is 5.37. The van der Waals surface area contributed by atoms with Crippen molar-refractivity contribution in [3.63, 3.8) is 0 Å². The van der Waals surface area contributed by atoms with Gasteiger partial charge in [0.2, 0.25) is 0 Å². The van der Waals surface area contributed by atoms with Crippen molar-refractivity contribution in [2.75, 3.05) is 0 Å². The molecule has 0 saturated heterocycles. The van der Waals surface area contributed by atoms with Gasteiger partial charge in [0, 0.05) is 0 Å². The predicted molar refractivity (Wildman–Crippen MR) is 36.1 cm³/mol. The van der Waals surface area contributed by atoms with E-state index < -0.39 is 0 Å². The van der Waals surface area contributed by atoms with Gasteiger partial charge in [-0.05, 0) is 24.3 Å². The molecule has 0 aliphatic heterocycles. The Morgan fingerprint density at radius 2 is 2.30 bits per heavy atom. The number of nitrogens with zero attached hydrogens (tertiary/aromatic N) is 4. The fourth-order valence-corrected chi connectivity index (χ4v) is 0.748. The summed E-state index contributed by atoms with van der Waals surface area (Å²) in [7, 11) is 0. The van der Waals surface area contributed by atoms with E-state index in [0.29, 0.717) is 6.54 Å². The highest BCUT2D eigenvalue weighted by molar-refractivity contribution is 4.79. The van der Waals surface area contributed by atoms with Crippen LogP contribution >= 0.6 is 0 Å². The molecule has 0 unspecified atom stereocenters. The van der Waals surface area contributed by atoms with Crippen molar-refractivity contribution >= 4 is 0 Å². The van der Waals surface area contributed by atoms with E-state index in [1.54, 1.807) is 4.68 Å². The second kappa shape index (κ2) is 2.74. The van der Waals surface area contributed by atoms with Gasteiger partial charge in [0.05, 0.1) is 12.6 Å².